The molecule has 108 valence electrons. The van der Waals surface area contributed by atoms with Gasteiger partial charge in [-0.15, -0.1) is 0 Å². The molecule has 0 bridgehead atoms. The lowest BCUT2D eigenvalue weighted by Crippen LogP contribution is -2.04. The summed E-state index contributed by atoms with van der Waals surface area (Å²) in [5.41, 5.74) is 2.92. The zero-order valence-electron chi connectivity index (χ0n) is 11.0. The minimum atomic E-state index is -0.749. The molecule has 0 aliphatic rings. The van der Waals surface area contributed by atoms with Crippen molar-refractivity contribution < 1.29 is 13.7 Å². The molecule has 0 fully saturated rings. The third-order valence-electron chi connectivity index (χ3n) is 2.77. The van der Waals surface area contributed by atoms with Crippen LogP contribution in [0.1, 0.15) is 12.5 Å². The number of para-hydroxylation sites is 2. The van der Waals surface area contributed by atoms with Gasteiger partial charge in [0, 0.05) is 17.7 Å². The number of anilines is 1. The lowest BCUT2D eigenvalue weighted by atomic mass is 10.1. The molecule has 0 radical (unpaired) electrons. The molecule has 2 rings (SSSR count). The topological polar surface area (TPSA) is 67.5 Å². The van der Waals surface area contributed by atoms with E-state index in [0.29, 0.717) is 0 Å². The predicted octanol–water partition coefficient (Wildman–Crippen LogP) is 3.71. The van der Waals surface area contributed by atoms with Gasteiger partial charge in [-0.05, 0) is 25.1 Å². The van der Waals surface area contributed by atoms with Crippen LogP contribution in [-0.2, 0) is 0 Å². The molecule has 0 aliphatic heterocycles. The van der Waals surface area contributed by atoms with Crippen LogP contribution in [0.15, 0.2) is 47.6 Å². The zero-order valence-corrected chi connectivity index (χ0v) is 11.0. The Morgan fingerprint density at radius 2 is 1.95 bits per heavy atom. The number of hydrogen-bond acceptors (Lipinski definition) is 4. The minimum absolute atomic E-state index is 0.113. The minimum Gasteiger partial charge on any atom is -0.271 e. The summed E-state index contributed by atoms with van der Waals surface area (Å²) in [5.74, 6) is -1.43. The number of nitro groups is 1. The molecule has 0 atom stereocenters. The monoisotopic (exact) mass is 291 g/mol. The van der Waals surface area contributed by atoms with Gasteiger partial charge in [-0.1, -0.05) is 12.1 Å². The first-order chi connectivity index (χ1) is 9.99. The zero-order chi connectivity index (χ0) is 15.4. The second-order valence-corrected chi connectivity index (χ2v) is 4.21. The summed E-state index contributed by atoms with van der Waals surface area (Å²) in [6.07, 6.45) is 0. The van der Waals surface area contributed by atoms with E-state index in [1.807, 2.05) is 0 Å². The number of hydrazone groups is 1. The summed E-state index contributed by atoms with van der Waals surface area (Å²) in [6, 6.07) is 9.06. The molecule has 0 spiro atoms. The van der Waals surface area contributed by atoms with E-state index in [9.17, 15) is 18.9 Å². The van der Waals surface area contributed by atoms with Crippen LogP contribution in [0.4, 0.5) is 20.2 Å². The first kappa shape index (κ1) is 14.6. The molecule has 0 heterocycles. The quantitative estimate of drug-likeness (QED) is 0.530. The molecule has 2 aromatic carbocycles. The summed E-state index contributed by atoms with van der Waals surface area (Å²) >= 11 is 0. The highest BCUT2D eigenvalue weighted by Crippen LogP contribution is 2.23. The first-order valence-corrected chi connectivity index (χ1v) is 5.98. The Labute approximate surface area is 119 Å². The number of nitro benzene ring substituents is 1. The third-order valence-corrected chi connectivity index (χ3v) is 2.77. The molecule has 7 heteroatoms. The van der Waals surface area contributed by atoms with Crippen LogP contribution >= 0.6 is 0 Å². The molecule has 0 unspecified atom stereocenters. The fraction of sp³-hybridized carbons (Fsp3) is 0.0714. The second-order valence-electron chi connectivity index (χ2n) is 4.21. The Balaban J connectivity index is 2.27. The highest BCUT2D eigenvalue weighted by atomic mass is 19.1. The molecule has 0 amide bonds. The van der Waals surface area contributed by atoms with E-state index in [4.69, 9.17) is 0 Å². The van der Waals surface area contributed by atoms with E-state index in [2.05, 4.69) is 10.5 Å². The second kappa shape index (κ2) is 6.08. The molecule has 21 heavy (non-hydrogen) atoms. The third kappa shape index (κ3) is 3.38. The Morgan fingerprint density at radius 1 is 1.24 bits per heavy atom. The largest absolute Gasteiger partial charge is 0.294 e. The van der Waals surface area contributed by atoms with E-state index in [-0.39, 0.29) is 22.6 Å². The van der Waals surface area contributed by atoms with Crippen LogP contribution in [0.2, 0.25) is 0 Å². The number of nitrogens with one attached hydrogen (secondary N) is 1. The van der Waals surface area contributed by atoms with E-state index in [0.717, 1.165) is 12.1 Å². The van der Waals surface area contributed by atoms with Crippen molar-refractivity contribution in [1.82, 2.24) is 0 Å². The number of benzene rings is 2. The van der Waals surface area contributed by atoms with Crippen molar-refractivity contribution in [2.24, 2.45) is 5.10 Å². The fourth-order valence-corrected chi connectivity index (χ4v) is 1.71. The molecule has 5 nitrogen and oxygen atoms in total. The van der Waals surface area contributed by atoms with Crippen LogP contribution in [0.3, 0.4) is 0 Å². The lowest BCUT2D eigenvalue weighted by Gasteiger charge is -2.05. The van der Waals surface area contributed by atoms with Gasteiger partial charge in [0.1, 0.15) is 17.3 Å². The molecule has 0 aromatic heterocycles. The van der Waals surface area contributed by atoms with Crippen LogP contribution in [0.5, 0.6) is 0 Å². The van der Waals surface area contributed by atoms with Gasteiger partial charge in [-0.3, -0.25) is 15.5 Å². The Morgan fingerprint density at radius 3 is 2.62 bits per heavy atom. The first-order valence-electron chi connectivity index (χ1n) is 5.98. The van der Waals surface area contributed by atoms with Crippen LogP contribution in [0, 0.1) is 21.7 Å². The normalized spacial score (nSPS) is 11.3. The van der Waals surface area contributed by atoms with Crippen molar-refractivity contribution >= 4 is 17.1 Å². The summed E-state index contributed by atoms with van der Waals surface area (Å²) in [6.45, 7) is 1.51. The van der Waals surface area contributed by atoms with E-state index < -0.39 is 16.6 Å². The smallest absolute Gasteiger partial charge is 0.271 e. The number of rotatable bonds is 4. The molecule has 1 N–H and O–H groups in total. The predicted molar refractivity (Wildman–Crippen MR) is 75.3 cm³/mol. The van der Waals surface area contributed by atoms with Gasteiger partial charge in [0.25, 0.3) is 5.69 Å². The molecule has 0 saturated carbocycles. The van der Waals surface area contributed by atoms with E-state index >= 15 is 0 Å². The van der Waals surface area contributed by atoms with Crippen molar-refractivity contribution in [3.8, 4) is 0 Å². The van der Waals surface area contributed by atoms with Crippen molar-refractivity contribution in [3.63, 3.8) is 0 Å². The number of halogens is 2. The van der Waals surface area contributed by atoms with E-state index in [1.54, 1.807) is 6.07 Å². The SMILES string of the molecule is C/C(=N/Nc1ccccc1[N+](=O)[O-])c1ccc(F)cc1F. The average Bonchev–Trinajstić information content (AvgIpc) is 2.45. The van der Waals surface area contributed by atoms with Crippen molar-refractivity contribution in [1.29, 1.82) is 0 Å². The highest BCUT2D eigenvalue weighted by Gasteiger charge is 2.12. The summed E-state index contributed by atoms with van der Waals surface area (Å²) < 4.78 is 26.4. The van der Waals surface area contributed by atoms with Crippen LogP contribution in [0.25, 0.3) is 0 Å². The van der Waals surface area contributed by atoms with Gasteiger partial charge < -0.3 is 0 Å². The maximum atomic E-state index is 13.6. The molecule has 0 aliphatic carbocycles. The highest BCUT2D eigenvalue weighted by molar-refractivity contribution is 5.99. The van der Waals surface area contributed by atoms with Crippen molar-refractivity contribution in [2.75, 3.05) is 5.43 Å². The molecular formula is C14H11F2N3O2. The maximum absolute atomic E-state index is 13.6. The molecular weight excluding hydrogens is 280 g/mol. The van der Waals surface area contributed by atoms with Gasteiger partial charge in [-0.2, -0.15) is 5.10 Å². The van der Waals surface area contributed by atoms with E-state index in [1.165, 1.54) is 31.2 Å². The Hall–Kier alpha value is -2.83. The van der Waals surface area contributed by atoms with Crippen molar-refractivity contribution in [2.45, 2.75) is 6.92 Å². The van der Waals surface area contributed by atoms with Gasteiger partial charge >= 0.3 is 0 Å². The van der Waals surface area contributed by atoms with Gasteiger partial charge in [-0.25, -0.2) is 8.78 Å². The molecule has 0 saturated heterocycles. The molecule has 2 aromatic rings. The van der Waals surface area contributed by atoms with Crippen LogP contribution < -0.4 is 5.43 Å². The standard InChI is InChI=1S/C14H11F2N3O2/c1-9(11-7-6-10(15)8-12(11)16)17-18-13-4-2-3-5-14(13)19(20)21/h2-8,18H,1H3/b17-9-. The van der Waals surface area contributed by atoms with Crippen molar-refractivity contribution in [3.05, 3.63) is 69.8 Å². The average molecular weight is 291 g/mol. The number of hydrogen-bond donors (Lipinski definition) is 1. The van der Waals surface area contributed by atoms with Gasteiger partial charge in [0.05, 0.1) is 10.6 Å². The summed E-state index contributed by atoms with van der Waals surface area (Å²) in [5, 5.41) is 14.7. The van der Waals surface area contributed by atoms with Gasteiger partial charge in [0.2, 0.25) is 0 Å². The maximum Gasteiger partial charge on any atom is 0.294 e. The van der Waals surface area contributed by atoms with Gasteiger partial charge in [0.15, 0.2) is 0 Å². The Bertz CT molecular complexity index is 717. The summed E-state index contributed by atoms with van der Waals surface area (Å²) in [4.78, 5) is 10.3. The lowest BCUT2D eigenvalue weighted by molar-refractivity contribution is -0.384. The van der Waals surface area contributed by atoms with Crippen LogP contribution in [-0.4, -0.2) is 10.6 Å². The number of nitrogens with zero attached hydrogens (tertiary/aromatic N) is 2. The summed E-state index contributed by atoms with van der Waals surface area (Å²) in [7, 11) is 0. The fourth-order valence-electron chi connectivity index (χ4n) is 1.71. The Kier molecular flexibility index (Phi) is 4.22.